The molecule has 1 aromatic carbocycles. The Morgan fingerprint density at radius 2 is 1.82 bits per heavy atom. The summed E-state index contributed by atoms with van der Waals surface area (Å²) >= 11 is 0. The first-order valence-corrected chi connectivity index (χ1v) is 5.50. The van der Waals surface area contributed by atoms with Gasteiger partial charge in [0.1, 0.15) is 5.60 Å². The molecule has 0 aromatic heterocycles. The molecule has 0 atom stereocenters. The van der Waals surface area contributed by atoms with Gasteiger partial charge in [0.25, 0.3) is 0 Å². The molecule has 0 unspecified atom stereocenters. The van der Waals surface area contributed by atoms with Crippen molar-refractivity contribution in [3.05, 3.63) is 35.4 Å². The predicted octanol–water partition coefficient (Wildman–Crippen LogP) is 1.15. The molecule has 0 aliphatic carbocycles. The molecule has 0 saturated heterocycles. The number of Topliss-reactive ketones (excluding diaryl/α,β-unsaturated/α-hetero) is 1. The lowest BCUT2D eigenvalue weighted by atomic mass is 9.96. The zero-order chi connectivity index (χ0) is 12.9. The van der Waals surface area contributed by atoms with Gasteiger partial charge in [-0.3, -0.25) is 4.79 Å². The molecular formula is C13H18O4. The number of rotatable bonds is 6. The molecule has 94 valence electrons. The lowest BCUT2D eigenvalue weighted by Gasteiger charge is -2.23. The van der Waals surface area contributed by atoms with E-state index in [0.29, 0.717) is 5.56 Å². The van der Waals surface area contributed by atoms with Crippen molar-refractivity contribution >= 4 is 5.78 Å². The molecule has 0 bridgehead atoms. The number of ketones is 1. The highest BCUT2D eigenvalue weighted by molar-refractivity contribution is 6.01. The van der Waals surface area contributed by atoms with Crippen molar-refractivity contribution in [1.29, 1.82) is 0 Å². The van der Waals surface area contributed by atoms with Crippen LogP contribution in [-0.2, 0) is 11.3 Å². The second-order valence-corrected chi connectivity index (χ2v) is 4.27. The standard InChI is InChI=1S/C13H18O4/c1-13(2,17-8-7-14)12(16)11-5-3-10(9-15)4-6-11/h3-6,14-15H,7-9H2,1-2H3. The minimum absolute atomic E-state index is 0.0428. The zero-order valence-corrected chi connectivity index (χ0v) is 10.1. The molecule has 4 heteroatoms. The van der Waals surface area contributed by atoms with Crippen LogP contribution in [0.25, 0.3) is 0 Å². The van der Waals surface area contributed by atoms with E-state index in [9.17, 15) is 4.79 Å². The van der Waals surface area contributed by atoms with E-state index in [2.05, 4.69) is 0 Å². The summed E-state index contributed by atoms with van der Waals surface area (Å²) in [5.74, 6) is -0.143. The summed E-state index contributed by atoms with van der Waals surface area (Å²) in [6, 6.07) is 6.74. The fourth-order valence-electron chi connectivity index (χ4n) is 1.48. The molecule has 0 heterocycles. The lowest BCUT2D eigenvalue weighted by molar-refractivity contribution is -0.0174. The monoisotopic (exact) mass is 238 g/mol. The summed E-state index contributed by atoms with van der Waals surface area (Å²) in [6.07, 6.45) is 0. The molecule has 0 spiro atoms. The maximum absolute atomic E-state index is 12.1. The van der Waals surface area contributed by atoms with Gasteiger partial charge in [-0.15, -0.1) is 0 Å². The lowest BCUT2D eigenvalue weighted by Crippen LogP contribution is -2.36. The first-order valence-electron chi connectivity index (χ1n) is 5.50. The number of benzene rings is 1. The summed E-state index contributed by atoms with van der Waals surface area (Å²) in [6.45, 7) is 3.32. The van der Waals surface area contributed by atoms with E-state index in [1.54, 1.807) is 38.1 Å². The van der Waals surface area contributed by atoms with Gasteiger partial charge in [0.15, 0.2) is 5.78 Å². The van der Waals surface area contributed by atoms with E-state index in [-0.39, 0.29) is 25.6 Å². The number of hydrogen-bond donors (Lipinski definition) is 2. The summed E-state index contributed by atoms with van der Waals surface area (Å²) in [4.78, 5) is 12.1. The fourth-order valence-corrected chi connectivity index (χ4v) is 1.48. The SMILES string of the molecule is CC(C)(OCCO)C(=O)c1ccc(CO)cc1. The Labute approximate surface area is 101 Å². The van der Waals surface area contributed by atoms with Crippen molar-refractivity contribution in [2.45, 2.75) is 26.1 Å². The quantitative estimate of drug-likeness (QED) is 0.729. The number of carbonyl (C=O) groups excluding carboxylic acids is 1. The third kappa shape index (κ3) is 3.63. The molecule has 17 heavy (non-hydrogen) atoms. The molecule has 1 aromatic rings. The number of carbonyl (C=O) groups is 1. The van der Waals surface area contributed by atoms with Gasteiger partial charge in [-0.1, -0.05) is 24.3 Å². The second-order valence-electron chi connectivity index (χ2n) is 4.27. The van der Waals surface area contributed by atoms with Gasteiger partial charge in [-0.25, -0.2) is 0 Å². The molecule has 2 N–H and O–H groups in total. The third-order valence-corrected chi connectivity index (χ3v) is 2.50. The molecule has 0 aliphatic heterocycles. The topological polar surface area (TPSA) is 66.8 Å². The van der Waals surface area contributed by atoms with Gasteiger partial charge in [0, 0.05) is 5.56 Å². The summed E-state index contributed by atoms with van der Waals surface area (Å²) in [5, 5.41) is 17.6. The number of ether oxygens (including phenoxy) is 1. The van der Waals surface area contributed by atoms with Crippen LogP contribution in [0.2, 0.25) is 0 Å². The molecule has 4 nitrogen and oxygen atoms in total. The van der Waals surface area contributed by atoms with Crippen LogP contribution >= 0.6 is 0 Å². The highest BCUT2D eigenvalue weighted by Gasteiger charge is 2.29. The number of aliphatic hydroxyl groups is 2. The Morgan fingerprint density at radius 3 is 2.29 bits per heavy atom. The Bertz CT molecular complexity index is 368. The number of hydrogen-bond acceptors (Lipinski definition) is 4. The predicted molar refractivity (Wildman–Crippen MR) is 63.8 cm³/mol. The summed E-state index contributed by atoms with van der Waals surface area (Å²) in [5.41, 5.74) is 0.337. The van der Waals surface area contributed by atoms with E-state index >= 15 is 0 Å². The van der Waals surface area contributed by atoms with E-state index in [0.717, 1.165) is 5.56 Å². The Morgan fingerprint density at radius 1 is 1.24 bits per heavy atom. The van der Waals surface area contributed by atoms with Crippen LogP contribution in [0, 0.1) is 0 Å². The first-order chi connectivity index (χ1) is 8.01. The largest absolute Gasteiger partial charge is 0.394 e. The Balaban J connectivity index is 2.80. The van der Waals surface area contributed by atoms with Crippen LogP contribution in [-0.4, -0.2) is 34.8 Å². The zero-order valence-electron chi connectivity index (χ0n) is 10.1. The van der Waals surface area contributed by atoms with Crippen molar-refractivity contribution < 1.29 is 19.7 Å². The minimum atomic E-state index is -0.955. The van der Waals surface area contributed by atoms with Gasteiger partial charge in [0.2, 0.25) is 0 Å². The average Bonchev–Trinajstić information content (AvgIpc) is 2.35. The molecule has 0 amide bonds. The molecule has 1 rings (SSSR count). The van der Waals surface area contributed by atoms with Gasteiger partial charge in [-0.2, -0.15) is 0 Å². The normalized spacial score (nSPS) is 11.5. The van der Waals surface area contributed by atoms with Gasteiger partial charge in [-0.05, 0) is 19.4 Å². The summed E-state index contributed by atoms with van der Waals surface area (Å²) in [7, 11) is 0. The van der Waals surface area contributed by atoms with Crippen LogP contribution in [0.3, 0.4) is 0 Å². The fraction of sp³-hybridized carbons (Fsp3) is 0.462. The van der Waals surface area contributed by atoms with Crippen molar-refractivity contribution in [1.82, 2.24) is 0 Å². The smallest absolute Gasteiger partial charge is 0.194 e. The molecule has 0 fully saturated rings. The second kappa shape index (κ2) is 5.91. The van der Waals surface area contributed by atoms with Crippen molar-refractivity contribution in [2.24, 2.45) is 0 Å². The van der Waals surface area contributed by atoms with E-state index in [1.165, 1.54) is 0 Å². The van der Waals surface area contributed by atoms with Crippen LogP contribution in [0.1, 0.15) is 29.8 Å². The minimum Gasteiger partial charge on any atom is -0.394 e. The van der Waals surface area contributed by atoms with Crippen LogP contribution < -0.4 is 0 Å². The first kappa shape index (κ1) is 13.8. The van der Waals surface area contributed by atoms with E-state index in [1.807, 2.05) is 0 Å². The van der Waals surface area contributed by atoms with Crippen LogP contribution in [0.15, 0.2) is 24.3 Å². The number of aliphatic hydroxyl groups excluding tert-OH is 2. The van der Waals surface area contributed by atoms with E-state index < -0.39 is 5.60 Å². The molecular weight excluding hydrogens is 220 g/mol. The third-order valence-electron chi connectivity index (χ3n) is 2.50. The summed E-state index contributed by atoms with van der Waals surface area (Å²) < 4.78 is 5.30. The average molecular weight is 238 g/mol. The maximum Gasteiger partial charge on any atom is 0.194 e. The highest BCUT2D eigenvalue weighted by Crippen LogP contribution is 2.17. The Kier molecular flexibility index (Phi) is 4.81. The van der Waals surface area contributed by atoms with Crippen LogP contribution in [0.5, 0.6) is 0 Å². The highest BCUT2D eigenvalue weighted by atomic mass is 16.5. The molecule has 0 radical (unpaired) electrons. The van der Waals surface area contributed by atoms with Crippen molar-refractivity contribution in [3.8, 4) is 0 Å². The van der Waals surface area contributed by atoms with Crippen molar-refractivity contribution in [2.75, 3.05) is 13.2 Å². The maximum atomic E-state index is 12.1. The van der Waals surface area contributed by atoms with Crippen LogP contribution in [0.4, 0.5) is 0 Å². The van der Waals surface area contributed by atoms with Gasteiger partial charge >= 0.3 is 0 Å². The van der Waals surface area contributed by atoms with E-state index in [4.69, 9.17) is 14.9 Å². The van der Waals surface area contributed by atoms with Gasteiger partial charge in [0.05, 0.1) is 19.8 Å². The van der Waals surface area contributed by atoms with Crippen molar-refractivity contribution in [3.63, 3.8) is 0 Å². The Hall–Kier alpha value is -1.23. The molecule has 0 aliphatic rings. The van der Waals surface area contributed by atoms with Gasteiger partial charge < -0.3 is 14.9 Å². The molecule has 0 saturated carbocycles.